The molecule has 0 spiro atoms. The predicted octanol–water partition coefficient (Wildman–Crippen LogP) is 1.23. The maximum atomic E-state index is 11.8. The number of hydrogen-bond donors (Lipinski definition) is 2. The molecule has 8 nitrogen and oxygen atoms in total. The van der Waals surface area contributed by atoms with E-state index in [-0.39, 0.29) is 21.3 Å². The van der Waals surface area contributed by atoms with Crippen molar-refractivity contribution in [1.82, 2.24) is 5.32 Å². The van der Waals surface area contributed by atoms with Gasteiger partial charge in [0.05, 0.1) is 14.7 Å². The van der Waals surface area contributed by atoms with Gasteiger partial charge in [-0.1, -0.05) is 23.5 Å². The molecule has 0 unspecified atom stereocenters. The number of thiophene rings is 1. The van der Waals surface area contributed by atoms with Crippen molar-refractivity contribution in [2.75, 3.05) is 0 Å². The summed E-state index contributed by atoms with van der Waals surface area (Å²) in [6, 6.07) is 8.37. The van der Waals surface area contributed by atoms with E-state index in [0.717, 1.165) is 11.3 Å². The Morgan fingerprint density at radius 3 is 2.36 bits per heavy atom. The predicted molar refractivity (Wildman–Crippen MR) is 80.0 cm³/mol. The first-order chi connectivity index (χ1) is 10.3. The third-order valence-electron chi connectivity index (χ3n) is 2.70. The van der Waals surface area contributed by atoms with Crippen LogP contribution < -0.4 is 10.5 Å². The molecule has 116 valence electrons. The number of nitro groups is 1. The third-order valence-corrected chi connectivity index (χ3v) is 4.67. The molecule has 0 radical (unpaired) electrons. The molecule has 0 fully saturated rings. The molecule has 10 heteroatoms. The van der Waals surface area contributed by atoms with E-state index in [1.54, 1.807) is 0 Å². The van der Waals surface area contributed by atoms with Crippen molar-refractivity contribution in [3.8, 4) is 0 Å². The summed E-state index contributed by atoms with van der Waals surface area (Å²) < 4.78 is 22.2. The van der Waals surface area contributed by atoms with Gasteiger partial charge in [-0.2, -0.15) is 0 Å². The summed E-state index contributed by atoms with van der Waals surface area (Å²) in [5.74, 6) is -0.436. The van der Waals surface area contributed by atoms with Gasteiger partial charge in [-0.05, 0) is 23.8 Å². The summed E-state index contributed by atoms with van der Waals surface area (Å²) in [5.41, 5.74) is 0.673. The van der Waals surface area contributed by atoms with E-state index >= 15 is 0 Å². The van der Waals surface area contributed by atoms with Gasteiger partial charge in [0.2, 0.25) is 10.0 Å². The molecule has 0 aliphatic heterocycles. The van der Waals surface area contributed by atoms with Crippen LogP contribution in [0.4, 0.5) is 5.00 Å². The van der Waals surface area contributed by atoms with E-state index in [1.807, 2.05) is 0 Å². The molecule has 0 atom stereocenters. The van der Waals surface area contributed by atoms with Crippen molar-refractivity contribution in [2.24, 2.45) is 5.14 Å². The number of nitrogens with one attached hydrogen (secondary N) is 1. The number of primary sulfonamides is 1. The number of amides is 1. The number of nitrogens with two attached hydrogens (primary N) is 1. The largest absolute Gasteiger partial charge is 0.347 e. The third kappa shape index (κ3) is 3.87. The van der Waals surface area contributed by atoms with Crippen molar-refractivity contribution >= 4 is 32.3 Å². The second kappa shape index (κ2) is 6.22. The van der Waals surface area contributed by atoms with Crippen molar-refractivity contribution in [2.45, 2.75) is 11.4 Å². The standard InChI is InChI=1S/C12H11N3O5S2/c13-22(19,20)9-3-1-8(2-4-9)7-14-12(16)10-5-6-11(21-10)15(17)18/h1-6H,7H2,(H,14,16)(H2,13,19,20). The Morgan fingerprint density at radius 2 is 1.86 bits per heavy atom. The highest BCUT2D eigenvalue weighted by Crippen LogP contribution is 2.23. The second-order valence-electron chi connectivity index (χ2n) is 4.27. The molecular formula is C12H11N3O5S2. The summed E-state index contributed by atoms with van der Waals surface area (Å²) in [5, 5.41) is 18.0. The SMILES string of the molecule is NS(=O)(=O)c1ccc(CNC(=O)c2ccc([N+](=O)[O-])s2)cc1. The van der Waals surface area contributed by atoms with Crippen LogP contribution in [-0.2, 0) is 16.6 Å². The van der Waals surface area contributed by atoms with E-state index in [9.17, 15) is 23.3 Å². The first-order valence-electron chi connectivity index (χ1n) is 5.91. The summed E-state index contributed by atoms with van der Waals surface area (Å²) in [7, 11) is -3.75. The van der Waals surface area contributed by atoms with E-state index in [1.165, 1.54) is 36.4 Å². The van der Waals surface area contributed by atoms with Crippen molar-refractivity contribution < 1.29 is 18.1 Å². The van der Waals surface area contributed by atoms with Gasteiger partial charge in [-0.25, -0.2) is 13.6 Å². The number of benzene rings is 1. The van der Waals surface area contributed by atoms with Gasteiger partial charge in [0, 0.05) is 12.6 Å². The molecular weight excluding hydrogens is 330 g/mol. The average molecular weight is 341 g/mol. The Labute approximate surface area is 129 Å². The van der Waals surface area contributed by atoms with Crippen LogP contribution in [0.1, 0.15) is 15.2 Å². The molecule has 1 aromatic heterocycles. The number of sulfonamides is 1. The second-order valence-corrected chi connectivity index (χ2v) is 6.89. The molecule has 2 rings (SSSR count). The van der Waals surface area contributed by atoms with Gasteiger partial charge in [0.25, 0.3) is 5.91 Å². The Hall–Kier alpha value is -2.30. The van der Waals surface area contributed by atoms with Gasteiger partial charge >= 0.3 is 5.00 Å². The Bertz CT molecular complexity index is 812. The van der Waals surface area contributed by atoms with Crippen LogP contribution in [0.15, 0.2) is 41.3 Å². The van der Waals surface area contributed by atoms with E-state index in [2.05, 4.69) is 5.32 Å². The van der Waals surface area contributed by atoms with Crippen molar-refractivity contribution in [3.05, 3.63) is 57.0 Å². The van der Waals surface area contributed by atoms with E-state index in [4.69, 9.17) is 5.14 Å². The maximum Gasteiger partial charge on any atom is 0.324 e. The Morgan fingerprint density at radius 1 is 1.23 bits per heavy atom. The van der Waals surface area contributed by atoms with Crippen LogP contribution in [0, 0.1) is 10.1 Å². The topological polar surface area (TPSA) is 132 Å². The number of hydrogen-bond acceptors (Lipinski definition) is 6. The lowest BCUT2D eigenvalue weighted by molar-refractivity contribution is -0.380. The molecule has 22 heavy (non-hydrogen) atoms. The molecule has 3 N–H and O–H groups in total. The van der Waals surface area contributed by atoms with Crippen LogP contribution in [0.3, 0.4) is 0 Å². The lowest BCUT2D eigenvalue weighted by Gasteiger charge is -2.04. The summed E-state index contributed by atoms with van der Waals surface area (Å²) in [6.07, 6.45) is 0. The molecule has 0 aliphatic carbocycles. The minimum atomic E-state index is -3.75. The summed E-state index contributed by atoms with van der Waals surface area (Å²) in [6.45, 7) is 0.162. The molecule has 0 saturated carbocycles. The Kier molecular flexibility index (Phi) is 4.54. The van der Waals surface area contributed by atoms with Crippen LogP contribution in [0.2, 0.25) is 0 Å². The number of nitrogens with zero attached hydrogens (tertiary/aromatic N) is 1. The normalized spacial score (nSPS) is 11.1. The molecule has 1 heterocycles. The lowest BCUT2D eigenvalue weighted by Crippen LogP contribution is -2.21. The quantitative estimate of drug-likeness (QED) is 0.623. The van der Waals surface area contributed by atoms with Gasteiger partial charge < -0.3 is 5.32 Å². The average Bonchev–Trinajstić information content (AvgIpc) is 2.94. The zero-order valence-electron chi connectivity index (χ0n) is 11.1. The fourth-order valence-electron chi connectivity index (χ4n) is 1.61. The minimum absolute atomic E-state index is 0.0172. The minimum Gasteiger partial charge on any atom is -0.347 e. The highest BCUT2D eigenvalue weighted by atomic mass is 32.2. The number of carbonyl (C=O) groups excluding carboxylic acids is 1. The zero-order chi connectivity index (χ0) is 16.3. The van der Waals surface area contributed by atoms with Crippen LogP contribution >= 0.6 is 11.3 Å². The van der Waals surface area contributed by atoms with Gasteiger partial charge in [-0.3, -0.25) is 14.9 Å². The van der Waals surface area contributed by atoms with E-state index < -0.39 is 20.9 Å². The fraction of sp³-hybridized carbons (Fsp3) is 0.0833. The van der Waals surface area contributed by atoms with Crippen LogP contribution in [0.25, 0.3) is 0 Å². The van der Waals surface area contributed by atoms with Crippen molar-refractivity contribution in [3.63, 3.8) is 0 Å². The molecule has 0 aliphatic rings. The first-order valence-corrected chi connectivity index (χ1v) is 8.28. The van der Waals surface area contributed by atoms with Crippen LogP contribution in [-0.4, -0.2) is 19.2 Å². The molecule has 1 amide bonds. The smallest absolute Gasteiger partial charge is 0.324 e. The fourth-order valence-corrected chi connectivity index (χ4v) is 2.87. The van der Waals surface area contributed by atoms with Gasteiger partial charge in [0.15, 0.2) is 0 Å². The van der Waals surface area contributed by atoms with Gasteiger partial charge in [0.1, 0.15) is 0 Å². The van der Waals surface area contributed by atoms with E-state index in [0.29, 0.717) is 5.56 Å². The molecule has 0 saturated heterocycles. The molecule has 1 aromatic carbocycles. The highest BCUT2D eigenvalue weighted by molar-refractivity contribution is 7.89. The lowest BCUT2D eigenvalue weighted by atomic mass is 10.2. The molecule has 2 aromatic rings. The Balaban J connectivity index is 2.00. The van der Waals surface area contributed by atoms with Crippen molar-refractivity contribution in [1.29, 1.82) is 0 Å². The van der Waals surface area contributed by atoms with Crippen LogP contribution in [0.5, 0.6) is 0 Å². The van der Waals surface area contributed by atoms with Gasteiger partial charge in [-0.15, -0.1) is 0 Å². The zero-order valence-corrected chi connectivity index (χ0v) is 12.7. The number of carbonyl (C=O) groups is 1. The molecule has 0 bridgehead atoms. The maximum absolute atomic E-state index is 11.8. The first kappa shape index (κ1) is 16.1. The highest BCUT2D eigenvalue weighted by Gasteiger charge is 2.15. The summed E-state index contributed by atoms with van der Waals surface area (Å²) in [4.78, 5) is 22.0. The number of rotatable bonds is 5. The monoisotopic (exact) mass is 341 g/mol. The summed E-state index contributed by atoms with van der Waals surface area (Å²) >= 11 is 0.783.